The third-order valence-corrected chi connectivity index (χ3v) is 6.39. The number of hydrogen-bond donors (Lipinski definition) is 1. The Morgan fingerprint density at radius 1 is 1.17 bits per heavy atom. The maximum Gasteiger partial charge on any atom is 0.307 e. The van der Waals surface area contributed by atoms with Gasteiger partial charge in [0, 0.05) is 27.7 Å². The minimum Gasteiger partial charge on any atom is -0.469 e. The first kappa shape index (κ1) is 19.4. The quantitative estimate of drug-likeness (QED) is 0.453. The fourth-order valence-electron chi connectivity index (χ4n) is 3.08. The Labute approximate surface area is 175 Å². The highest BCUT2D eigenvalue weighted by Crippen LogP contribution is 2.25. The van der Waals surface area contributed by atoms with Crippen LogP contribution in [0.5, 0.6) is 0 Å². The Kier molecular flexibility index (Phi) is 5.73. The Balaban J connectivity index is 1.50. The second-order valence-corrected chi connectivity index (χ2v) is 8.28. The monoisotopic (exact) mass is 425 g/mol. The molecule has 8 heteroatoms. The number of imidazole rings is 1. The van der Waals surface area contributed by atoms with Crippen molar-refractivity contribution in [3.63, 3.8) is 0 Å². The minimum atomic E-state index is -0.397. The largest absolute Gasteiger partial charge is 0.469 e. The molecular formula is C21H19N3O3S2. The van der Waals surface area contributed by atoms with E-state index in [4.69, 9.17) is 4.74 Å². The van der Waals surface area contributed by atoms with Crippen molar-refractivity contribution >= 4 is 39.5 Å². The summed E-state index contributed by atoms with van der Waals surface area (Å²) in [4.78, 5) is 30.9. The number of hydrogen-bond acceptors (Lipinski definition) is 6. The topological polar surface area (TPSA) is 72.7 Å². The molecule has 0 saturated heterocycles. The van der Waals surface area contributed by atoms with Crippen LogP contribution >= 0.6 is 22.7 Å². The molecule has 148 valence electrons. The number of esters is 1. The number of amides is 1. The fraction of sp³-hybridized carbons (Fsp3) is 0.190. The van der Waals surface area contributed by atoms with Gasteiger partial charge in [-0.1, -0.05) is 36.4 Å². The molecular weight excluding hydrogens is 406 g/mol. The lowest BCUT2D eigenvalue weighted by molar-refractivity contribution is -0.141. The van der Waals surface area contributed by atoms with Crippen LogP contribution < -0.4 is 5.32 Å². The number of carbonyl (C=O) groups excluding carboxylic acids is 2. The van der Waals surface area contributed by atoms with Crippen LogP contribution in [0.25, 0.3) is 16.2 Å². The van der Waals surface area contributed by atoms with Crippen molar-refractivity contribution in [2.24, 2.45) is 0 Å². The van der Waals surface area contributed by atoms with Gasteiger partial charge < -0.3 is 10.1 Å². The van der Waals surface area contributed by atoms with Crippen LogP contribution in [-0.2, 0) is 20.7 Å². The Morgan fingerprint density at radius 2 is 2.00 bits per heavy atom. The molecule has 1 atom stereocenters. The molecule has 0 spiro atoms. The summed E-state index contributed by atoms with van der Waals surface area (Å²) in [7, 11) is 1.35. The van der Waals surface area contributed by atoms with Gasteiger partial charge in [-0.15, -0.1) is 22.7 Å². The molecule has 0 fully saturated rings. The van der Waals surface area contributed by atoms with Crippen LogP contribution in [-0.4, -0.2) is 28.4 Å². The second kappa shape index (κ2) is 8.59. The number of methoxy groups -OCH3 is 1. The summed E-state index contributed by atoms with van der Waals surface area (Å²) in [5.74, 6) is -0.509. The molecule has 0 aliphatic heterocycles. The summed E-state index contributed by atoms with van der Waals surface area (Å²) in [5.41, 5.74) is 2.77. The minimum absolute atomic E-state index is 0.102. The number of rotatable bonds is 7. The summed E-state index contributed by atoms with van der Waals surface area (Å²) >= 11 is 3.00. The molecule has 29 heavy (non-hydrogen) atoms. The van der Waals surface area contributed by atoms with E-state index in [0.29, 0.717) is 0 Å². The molecule has 4 aromatic rings. The van der Waals surface area contributed by atoms with E-state index in [1.54, 1.807) is 0 Å². The van der Waals surface area contributed by atoms with Gasteiger partial charge in [0.15, 0.2) is 4.96 Å². The zero-order valence-corrected chi connectivity index (χ0v) is 17.3. The van der Waals surface area contributed by atoms with Gasteiger partial charge in [0.05, 0.1) is 31.7 Å². The molecule has 0 aliphatic rings. The first-order valence-corrected chi connectivity index (χ1v) is 10.8. The van der Waals surface area contributed by atoms with Crippen LogP contribution in [0, 0.1) is 0 Å². The first-order valence-electron chi connectivity index (χ1n) is 9.04. The van der Waals surface area contributed by atoms with Crippen molar-refractivity contribution in [2.75, 3.05) is 7.11 Å². The maximum absolute atomic E-state index is 12.7. The normalized spacial score (nSPS) is 12.0. The summed E-state index contributed by atoms with van der Waals surface area (Å²) < 4.78 is 6.72. The number of ether oxygens (including phenoxy) is 1. The van der Waals surface area contributed by atoms with Crippen molar-refractivity contribution in [1.29, 1.82) is 0 Å². The van der Waals surface area contributed by atoms with E-state index >= 15 is 0 Å². The van der Waals surface area contributed by atoms with Gasteiger partial charge in [-0.2, -0.15) is 0 Å². The summed E-state index contributed by atoms with van der Waals surface area (Å²) in [6, 6.07) is 13.3. The molecule has 0 aliphatic carbocycles. The van der Waals surface area contributed by atoms with Crippen molar-refractivity contribution in [1.82, 2.24) is 14.7 Å². The Morgan fingerprint density at radius 3 is 2.72 bits per heavy atom. The van der Waals surface area contributed by atoms with Gasteiger partial charge in [0.1, 0.15) is 0 Å². The molecule has 6 nitrogen and oxygen atoms in total. The van der Waals surface area contributed by atoms with Crippen molar-refractivity contribution in [2.45, 2.75) is 18.9 Å². The first-order chi connectivity index (χ1) is 14.1. The third-order valence-electron chi connectivity index (χ3n) is 4.51. The highest BCUT2D eigenvalue weighted by molar-refractivity contribution is 7.15. The molecule has 3 heterocycles. The molecule has 0 radical (unpaired) electrons. The van der Waals surface area contributed by atoms with E-state index in [-0.39, 0.29) is 24.7 Å². The zero-order chi connectivity index (χ0) is 20.2. The van der Waals surface area contributed by atoms with E-state index in [9.17, 15) is 9.59 Å². The summed E-state index contributed by atoms with van der Waals surface area (Å²) in [5, 5.41) is 6.83. The van der Waals surface area contributed by atoms with Crippen LogP contribution in [0.1, 0.15) is 23.0 Å². The number of benzene rings is 1. The van der Waals surface area contributed by atoms with Gasteiger partial charge in [0.2, 0.25) is 5.91 Å². The molecule has 1 N–H and O–H groups in total. The highest BCUT2D eigenvalue weighted by atomic mass is 32.1. The van der Waals surface area contributed by atoms with Crippen LogP contribution in [0.3, 0.4) is 0 Å². The van der Waals surface area contributed by atoms with Gasteiger partial charge in [-0.3, -0.25) is 14.0 Å². The SMILES string of the molecule is COC(=O)CC(NC(=O)Cc1csc2nc(-c3ccccc3)cn12)c1cccs1. The van der Waals surface area contributed by atoms with E-state index < -0.39 is 6.04 Å². The number of carbonyl (C=O) groups is 2. The Bertz CT molecular complexity index is 1120. The lowest BCUT2D eigenvalue weighted by atomic mass is 10.1. The van der Waals surface area contributed by atoms with Crippen molar-refractivity contribution in [3.05, 3.63) is 70.0 Å². The molecule has 4 rings (SSSR count). The second-order valence-electron chi connectivity index (χ2n) is 6.46. The molecule has 0 bridgehead atoms. The fourth-order valence-corrected chi connectivity index (χ4v) is 4.73. The molecule has 0 saturated carbocycles. The average Bonchev–Trinajstić information content (AvgIpc) is 3.47. The Hall–Kier alpha value is -2.97. The van der Waals surface area contributed by atoms with Crippen LogP contribution in [0.15, 0.2) is 59.4 Å². The van der Waals surface area contributed by atoms with Gasteiger partial charge >= 0.3 is 5.97 Å². The maximum atomic E-state index is 12.7. The average molecular weight is 426 g/mol. The molecule has 1 unspecified atom stereocenters. The molecule has 1 aromatic carbocycles. The predicted octanol–water partition coefficient (Wildman–Crippen LogP) is 4.09. The van der Waals surface area contributed by atoms with Gasteiger partial charge in [-0.25, -0.2) is 4.98 Å². The number of thiophene rings is 1. The lowest BCUT2D eigenvalue weighted by Gasteiger charge is -2.16. The van der Waals surface area contributed by atoms with E-state index in [0.717, 1.165) is 26.8 Å². The smallest absolute Gasteiger partial charge is 0.307 e. The van der Waals surface area contributed by atoms with Crippen LogP contribution in [0.2, 0.25) is 0 Å². The lowest BCUT2D eigenvalue weighted by Crippen LogP contribution is -2.31. The number of nitrogens with zero attached hydrogens (tertiary/aromatic N) is 2. The summed E-state index contributed by atoms with van der Waals surface area (Å²) in [6.07, 6.45) is 2.26. The van der Waals surface area contributed by atoms with Crippen molar-refractivity contribution < 1.29 is 14.3 Å². The number of nitrogens with one attached hydrogen (secondary N) is 1. The zero-order valence-electron chi connectivity index (χ0n) is 15.7. The molecule has 3 aromatic heterocycles. The van der Waals surface area contributed by atoms with Gasteiger partial charge in [-0.05, 0) is 11.4 Å². The third kappa shape index (κ3) is 4.38. The molecule has 1 amide bonds. The highest BCUT2D eigenvalue weighted by Gasteiger charge is 2.21. The van der Waals surface area contributed by atoms with E-state index in [2.05, 4.69) is 10.3 Å². The van der Waals surface area contributed by atoms with Gasteiger partial charge in [0.25, 0.3) is 0 Å². The van der Waals surface area contributed by atoms with Crippen molar-refractivity contribution in [3.8, 4) is 11.3 Å². The number of fused-ring (bicyclic) bond motifs is 1. The standard InChI is InChI=1S/C21H19N3O3S2/c1-27-20(26)11-16(18-8-5-9-28-18)22-19(25)10-15-13-29-21-23-17(12-24(15)21)14-6-3-2-4-7-14/h2-9,12-13,16H,10-11H2,1H3,(H,22,25). The van der Waals surface area contributed by atoms with E-state index in [1.807, 2.05) is 63.8 Å². The summed E-state index contributed by atoms with van der Waals surface area (Å²) in [6.45, 7) is 0. The van der Waals surface area contributed by atoms with Crippen LogP contribution in [0.4, 0.5) is 0 Å². The van der Waals surface area contributed by atoms with E-state index in [1.165, 1.54) is 29.8 Å². The number of aromatic nitrogens is 2. The predicted molar refractivity (Wildman–Crippen MR) is 114 cm³/mol. The number of thiazole rings is 1.